The largest absolute Gasteiger partial charge is 0.324 e. The lowest BCUT2D eigenvalue weighted by Crippen LogP contribution is -2.04. The van der Waals surface area contributed by atoms with E-state index in [9.17, 15) is 0 Å². The summed E-state index contributed by atoms with van der Waals surface area (Å²) in [5.74, 6) is 0. The molecule has 0 unspecified atom stereocenters. The predicted octanol–water partition coefficient (Wildman–Crippen LogP) is 3.30. The molecule has 2 aromatic rings. The van der Waals surface area contributed by atoms with E-state index in [0.29, 0.717) is 5.02 Å². The Morgan fingerprint density at radius 3 is 2.76 bits per heavy atom. The second-order valence-electron chi connectivity index (χ2n) is 3.63. The minimum absolute atomic E-state index is 0.00870. The fourth-order valence-electron chi connectivity index (χ4n) is 1.33. The van der Waals surface area contributed by atoms with E-state index in [1.165, 1.54) is 18.1 Å². The Bertz CT molecular complexity index is 502. The minimum atomic E-state index is -0.00870. The van der Waals surface area contributed by atoms with Crippen LogP contribution < -0.4 is 5.73 Å². The van der Waals surface area contributed by atoms with Crippen LogP contribution in [0.1, 0.15) is 18.5 Å². The molecule has 0 aliphatic rings. The van der Waals surface area contributed by atoms with Gasteiger partial charge in [-0.15, -0.1) is 0 Å². The molecule has 17 heavy (non-hydrogen) atoms. The first-order valence-electron chi connectivity index (χ1n) is 5.15. The molecule has 1 atom stereocenters. The zero-order valence-electron chi connectivity index (χ0n) is 9.30. The van der Waals surface area contributed by atoms with Crippen molar-refractivity contribution in [2.45, 2.75) is 22.9 Å². The zero-order chi connectivity index (χ0) is 12.3. The van der Waals surface area contributed by atoms with Crippen molar-refractivity contribution in [2.75, 3.05) is 0 Å². The van der Waals surface area contributed by atoms with Crippen molar-refractivity contribution >= 4 is 23.4 Å². The molecule has 0 spiro atoms. The minimum Gasteiger partial charge on any atom is -0.324 e. The van der Waals surface area contributed by atoms with Crippen LogP contribution in [0.4, 0.5) is 0 Å². The van der Waals surface area contributed by atoms with E-state index in [2.05, 4.69) is 9.97 Å². The first-order valence-corrected chi connectivity index (χ1v) is 6.35. The van der Waals surface area contributed by atoms with Gasteiger partial charge in [0, 0.05) is 17.1 Å². The summed E-state index contributed by atoms with van der Waals surface area (Å²) in [4.78, 5) is 8.98. The van der Waals surface area contributed by atoms with E-state index in [0.717, 1.165) is 15.5 Å². The van der Waals surface area contributed by atoms with Crippen molar-refractivity contribution in [3.8, 4) is 0 Å². The van der Waals surface area contributed by atoms with Crippen molar-refractivity contribution in [3.63, 3.8) is 0 Å². The van der Waals surface area contributed by atoms with E-state index < -0.39 is 0 Å². The first-order chi connectivity index (χ1) is 8.16. The Morgan fingerprint density at radius 1 is 1.35 bits per heavy atom. The summed E-state index contributed by atoms with van der Waals surface area (Å²) >= 11 is 7.71. The summed E-state index contributed by atoms with van der Waals surface area (Å²) in [6.45, 7) is 1.93. The third-order valence-electron chi connectivity index (χ3n) is 2.25. The van der Waals surface area contributed by atoms with Crippen LogP contribution in [0, 0.1) is 0 Å². The molecular weight excluding hydrogens is 254 g/mol. The standard InChI is InChI=1S/C12H12ClN3S/c1-8(14)9-2-3-11(10(13)6-9)17-12-4-5-15-7-16-12/h2-8H,14H2,1H3/t8-/m1/s1. The molecule has 1 aromatic heterocycles. The molecule has 0 bridgehead atoms. The average molecular weight is 266 g/mol. The number of nitrogens with zero attached hydrogens (tertiary/aromatic N) is 2. The molecule has 88 valence electrons. The molecular formula is C12H12ClN3S. The van der Waals surface area contributed by atoms with E-state index in [-0.39, 0.29) is 6.04 Å². The van der Waals surface area contributed by atoms with Crippen LogP contribution in [0.25, 0.3) is 0 Å². The highest BCUT2D eigenvalue weighted by Gasteiger charge is 2.06. The Labute approximate surface area is 109 Å². The molecule has 0 amide bonds. The third kappa shape index (κ3) is 3.19. The number of halogens is 1. The van der Waals surface area contributed by atoms with Crippen molar-refractivity contribution < 1.29 is 0 Å². The zero-order valence-corrected chi connectivity index (χ0v) is 10.9. The van der Waals surface area contributed by atoms with Gasteiger partial charge in [-0.1, -0.05) is 29.4 Å². The Hall–Kier alpha value is -1.10. The molecule has 1 aromatic carbocycles. The molecule has 3 nitrogen and oxygen atoms in total. The second kappa shape index (κ2) is 5.49. The van der Waals surface area contributed by atoms with Gasteiger partial charge in [0.15, 0.2) is 0 Å². The van der Waals surface area contributed by atoms with Crippen molar-refractivity contribution in [3.05, 3.63) is 47.4 Å². The highest BCUT2D eigenvalue weighted by Crippen LogP contribution is 2.33. The van der Waals surface area contributed by atoms with Gasteiger partial charge in [-0.3, -0.25) is 0 Å². The van der Waals surface area contributed by atoms with E-state index in [1.807, 2.05) is 31.2 Å². The third-order valence-corrected chi connectivity index (χ3v) is 3.70. The van der Waals surface area contributed by atoms with Crippen LogP contribution in [0.2, 0.25) is 5.02 Å². The topological polar surface area (TPSA) is 51.8 Å². The number of nitrogens with two attached hydrogens (primary N) is 1. The van der Waals surface area contributed by atoms with Gasteiger partial charge < -0.3 is 5.73 Å². The van der Waals surface area contributed by atoms with Crippen LogP contribution >= 0.6 is 23.4 Å². The Balaban J connectivity index is 2.23. The summed E-state index contributed by atoms with van der Waals surface area (Å²) in [6.07, 6.45) is 3.23. The summed E-state index contributed by atoms with van der Waals surface area (Å²) < 4.78 is 0. The molecule has 0 saturated heterocycles. The molecule has 2 rings (SSSR count). The Morgan fingerprint density at radius 2 is 2.18 bits per heavy atom. The SMILES string of the molecule is C[C@@H](N)c1ccc(Sc2ccncn2)c(Cl)c1. The molecule has 0 radical (unpaired) electrons. The highest BCUT2D eigenvalue weighted by molar-refractivity contribution is 7.99. The van der Waals surface area contributed by atoms with Crippen LogP contribution in [-0.2, 0) is 0 Å². The van der Waals surface area contributed by atoms with Crippen LogP contribution in [0.3, 0.4) is 0 Å². The van der Waals surface area contributed by atoms with Gasteiger partial charge in [0.05, 0.1) is 5.02 Å². The van der Waals surface area contributed by atoms with Crippen LogP contribution in [0.5, 0.6) is 0 Å². The van der Waals surface area contributed by atoms with Crippen molar-refractivity contribution in [1.82, 2.24) is 9.97 Å². The second-order valence-corrected chi connectivity index (χ2v) is 5.10. The first kappa shape index (κ1) is 12.4. The molecule has 2 N–H and O–H groups in total. The number of aromatic nitrogens is 2. The highest BCUT2D eigenvalue weighted by atomic mass is 35.5. The summed E-state index contributed by atoms with van der Waals surface area (Å²) in [7, 11) is 0. The van der Waals surface area contributed by atoms with Crippen LogP contribution in [0.15, 0.2) is 46.7 Å². The van der Waals surface area contributed by atoms with Gasteiger partial charge in [-0.25, -0.2) is 9.97 Å². The molecule has 5 heteroatoms. The fourth-order valence-corrected chi connectivity index (χ4v) is 2.39. The summed E-state index contributed by atoms with van der Waals surface area (Å²) in [6, 6.07) is 7.69. The summed E-state index contributed by atoms with van der Waals surface area (Å²) in [5.41, 5.74) is 6.83. The quantitative estimate of drug-likeness (QED) is 0.865. The lowest BCUT2D eigenvalue weighted by Gasteiger charge is -2.08. The van der Waals surface area contributed by atoms with E-state index in [1.54, 1.807) is 6.20 Å². The number of hydrogen-bond acceptors (Lipinski definition) is 4. The fraction of sp³-hybridized carbons (Fsp3) is 0.167. The van der Waals surface area contributed by atoms with Crippen molar-refractivity contribution in [2.24, 2.45) is 5.73 Å². The monoisotopic (exact) mass is 265 g/mol. The van der Waals surface area contributed by atoms with Crippen molar-refractivity contribution in [1.29, 1.82) is 0 Å². The molecule has 0 saturated carbocycles. The molecule has 0 aliphatic carbocycles. The van der Waals surface area contributed by atoms with Crippen LogP contribution in [-0.4, -0.2) is 9.97 Å². The molecule has 0 fully saturated rings. The van der Waals surface area contributed by atoms with Gasteiger partial charge >= 0.3 is 0 Å². The normalized spacial score (nSPS) is 12.4. The smallest absolute Gasteiger partial charge is 0.116 e. The maximum Gasteiger partial charge on any atom is 0.116 e. The maximum absolute atomic E-state index is 6.20. The summed E-state index contributed by atoms with van der Waals surface area (Å²) in [5, 5.41) is 1.57. The van der Waals surface area contributed by atoms with Gasteiger partial charge in [-0.2, -0.15) is 0 Å². The van der Waals surface area contributed by atoms with Gasteiger partial charge in [0.1, 0.15) is 11.4 Å². The Kier molecular flexibility index (Phi) is 3.99. The van der Waals surface area contributed by atoms with E-state index in [4.69, 9.17) is 17.3 Å². The molecule has 0 aliphatic heterocycles. The number of hydrogen-bond donors (Lipinski definition) is 1. The van der Waals surface area contributed by atoms with Gasteiger partial charge in [0.2, 0.25) is 0 Å². The predicted molar refractivity (Wildman–Crippen MR) is 70.2 cm³/mol. The van der Waals surface area contributed by atoms with Gasteiger partial charge in [0.25, 0.3) is 0 Å². The number of benzene rings is 1. The van der Waals surface area contributed by atoms with Gasteiger partial charge in [-0.05, 0) is 30.7 Å². The lowest BCUT2D eigenvalue weighted by molar-refractivity contribution is 0.817. The maximum atomic E-state index is 6.20. The van der Waals surface area contributed by atoms with E-state index >= 15 is 0 Å². The lowest BCUT2D eigenvalue weighted by atomic mass is 10.1. The number of rotatable bonds is 3. The molecule has 1 heterocycles. The average Bonchev–Trinajstić information content (AvgIpc) is 2.33.